The van der Waals surface area contributed by atoms with Gasteiger partial charge in [0.2, 0.25) is 0 Å². The molecular formula is C11H12N4O. The van der Waals surface area contributed by atoms with Crippen LogP contribution in [0.15, 0.2) is 35.1 Å². The molecule has 0 aliphatic carbocycles. The lowest BCUT2D eigenvalue weighted by Crippen LogP contribution is -2.31. The van der Waals surface area contributed by atoms with Crippen molar-refractivity contribution in [3.8, 4) is 11.3 Å². The molecule has 5 nitrogen and oxygen atoms in total. The monoisotopic (exact) mass is 216 g/mol. The van der Waals surface area contributed by atoms with Crippen molar-refractivity contribution in [2.24, 2.45) is 0 Å². The molecule has 0 saturated heterocycles. The molecule has 1 heterocycles. The van der Waals surface area contributed by atoms with E-state index in [1.165, 1.54) is 4.68 Å². The van der Waals surface area contributed by atoms with E-state index < -0.39 is 0 Å². The van der Waals surface area contributed by atoms with Gasteiger partial charge in [-0.2, -0.15) is 0 Å². The van der Waals surface area contributed by atoms with Gasteiger partial charge in [-0.1, -0.05) is 30.3 Å². The summed E-state index contributed by atoms with van der Waals surface area (Å²) in [5, 5.41) is 7.87. The Kier molecular flexibility index (Phi) is 2.68. The van der Waals surface area contributed by atoms with Gasteiger partial charge in [0.25, 0.3) is 5.56 Å². The number of benzene rings is 1. The van der Waals surface area contributed by atoms with E-state index in [2.05, 4.69) is 15.6 Å². The largest absolute Gasteiger partial charge is 0.324 e. The van der Waals surface area contributed by atoms with Crippen molar-refractivity contribution in [3.05, 3.63) is 46.5 Å². The van der Waals surface area contributed by atoms with Gasteiger partial charge in [0.15, 0.2) is 11.5 Å². The summed E-state index contributed by atoms with van der Waals surface area (Å²) in [6.07, 6.45) is 0. The number of hydrogen-bond donors (Lipinski definition) is 1. The molecule has 16 heavy (non-hydrogen) atoms. The summed E-state index contributed by atoms with van der Waals surface area (Å²) in [6, 6.07) is 9.28. The van der Waals surface area contributed by atoms with E-state index in [1.54, 1.807) is 14.0 Å². The molecule has 2 aromatic rings. The van der Waals surface area contributed by atoms with Gasteiger partial charge in [0.1, 0.15) is 0 Å². The summed E-state index contributed by atoms with van der Waals surface area (Å²) in [5.41, 5.74) is 3.70. The van der Waals surface area contributed by atoms with Crippen molar-refractivity contribution < 1.29 is 0 Å². The maximum absolute atomic E-state index is 12.0. The zero-order valence-electron chi connectivity index (χ0n) is 9.14. The zero-order valence-corrected chi connectivity index (χ0v) is 9.14. The molecule has 0 atom stereocenters. The molecule has 2 rings (SSSR count). The molecule has 1 N–H and O–H groups in total. The Hall–Kier alpha value is -2.17. The van der Waals surface area contributed by atoms with Gasteiger partial charge in [0.05, 0.1) is 0 Å². The summed E-state index contributed by atoms with van der Waals surface area (Å²) in [7, 11) is 1.67. The molecular weight excluding hydrogens is 204 g/mol. The first-order valence-electron chi connectivity index (χ1n) is 4.93. The Morgan fingerprint density at radius 1 is 1.19 bits per heavy atom. The van der Waals surface area contributed by atoms with Gasteiger partial charge < -0.3 is 5.43 Å². The fraction of sp³-hybridized carbons (Fsp3) is 0.182. The first-order chi connectivity index (χ1) is 7.74. The van der Waals surface area contributed by atoms with Crippen molar-refractivity contribution >= 4 is 0 Å². The summed E-state index contributed by atoms with van der Waals surface area (Å²) >= 11 is 0. The van der Waals surface area contributed by atoms with Crippen LogP contribution < -0.4 is 11.0 Å². The first-order valence-corrected chi connectivity index (χ1v) is 4.93. The van der Waals surface area contributed by atoms with Crippen LogP contribution in [0.2, 0.25) is 0 Å². The fourth-order valence-corrected chi connectivity index (χ4v) is 1.50. The zero-order chi connectivity index (χ0) is 11.5. The third kappa shape index (κ3) is 1.67. The van der Waals surface area contributed by atoms with Crippen LogP contribution in [0.4, 0.5) is 0 Å². The van der Waals surface area contributed by atoms with Crippen molar-refractivity contribution in [2.75, 3.05) is 12.5 Å². The molecule has 5 heteroatoms. The molecule has 82 valence electrons. The highest BCUT2D eigenvalue weighted by atomic mass is 16.1. The SMILES string of the molecule is CNn1c(C)nnc(-c2ccccc2)c1=O. The van der Waals surface area contributed by atoms with Crippen LogP contribution in [0.1, 0.15) is 5.82 Å². The van der Waals surface area contributed by atoms with Crippen LogP contribution in [-0.4, -0.2) is 21.9 Å². The predicted molar refractivity (Wildman–Crippen MR) is 61.7 cm³/mol. The van der Waals surface area contributed by atoms with Crippen molar-refractivity contribution in [1.82, 2.24) is 14.9 Å². The molecule has 0 unspecified atom stereocenters. The normalized spacial score (nSPS) is 10.1. The van der Waals surface area contributed by atoms with E-state index in [9.17, 15) is 4.79 Å². The Morgan fingerprint density at radius 2 is 1.88 bits per heavy atom. The maximum Gasteiger partial charge on any atom is 0.298 e. The molecule has 0 aliphatic heterocycles. The first kappa shape index (κ1) is 10.4. The molecule has 1 aromatic carbocycles. The minimum Gasteiger partial charge on any atom is -0.324 e. The maximum atomic E-state index is 12.0. The number of nitrogens with one attached hydrogen (secondary N) is 1. The summed E-state index contributed by atoms with van der Waals surface area (Å²) in [5.74, 6) is 0.534. The Morgan fingerprint density at radius 3 is 2.50 bits per heavy atom. The highest BCUT2D eigenvalue weighted by molar-refractivity contribution is 5.57. The van der Waals surface area contributed by atoms with Crippen LogP contribution in [0, 0.1) is 6.92 Å². The molecule has 0 bridgehead atoms. The van der Waals surface area contributed by atoms with Crippen molar-refractivity contribution in [2.45, 2.75) is 6.92 Å². The van der Waals surface area contributed by atoms with E-state index in [-0.39, 0.29) is 5.56 Å². The number of rotatable bonds is 2. The van der Waals surface area contributed by atoms with Crippen LogP contribution in [0.3, 0.4) is 0 Å². The lowest BCUT2D eigenvalue weighted by atomic mass is 10.2. The smallest absolute Gasteiger partial charge is 0.298 e. The van der Waals surface area contributed by atoms with Crippen molar-refractivity contribution in [3.63, 3.8) is 0 Å². The van der Waals surface area contributed by atoms with Gasteiger partial charge in [-0.15, -0.1) is 10.2 Å². The number of aryl methyl sites for hydroxylation is 1. The van der Waals surface area contributed by atoms with Crippen molar-refractivity contribution in [1.29, 1.82) is 0 Å². The minimum atomic E-state index is -0.193. The van der Waals surface area contributed by atoms with Crippen LogP contribution >= 0.6 is 0 Å². The predicted octanol–water partition coefficient (Wildman–Crippen LogP) is 0.787. The number of hydrogen-bond acceptors (Lipinski definition) is 4. The second-order valence-corrected chi connectivity index (χ2v) is 3.33. The third-order valence-electron chi connectivity index (χ3n) is 2.29. The van der Waals surface area contributed by atoms with E-state index in [4.69, 9.17) is 0 Å². The Labute approximate surface area is 92.7 Å². The third-order valence-corrected chi connectivity index (χ3v) is 2.29. The lowest BCUT2D eigenvalue weighted by molar-refractivity contribution is 0.743. The van der Waals surface area contributed by atoms with E-state index >= 15 is 0 Å². The van der Waals surface area contributed by atoms with Crippen LogP contribution in [-0.2, 0) is 0 Å². The topological polar surface area (TPSA) is 59.8 Å². The molecule has 0 saturated carbocycles. The standard InChI is InChI=1S/C11H12N4O/c1-8-13-14-10(11(16)15(8)12-2)9-6-4-3-5-7-9/h3-7,12H,1-2H3. The molecule has 0 fully saturated rings. The highest BCUT2D eigenvalue weighted by Gasteiger charge is 2.09. The van der Waals surface area contributed by atoms with Crippen LogP contribution in [0.25, 0.3) is 11.3 Å². The second-order valence-electron chi connectivity index (χ2n) is 3.33. The van der Waals surface area contributed by atoms with Gasteiger partial charge >= 0.3 is 0 Å². The summed E-state index contributed by atoms with van der Waals surface area (Å²) in [4.78, 5) is 12.0. The average Bonchev–Trinajstić information content (AvgIpc) is 2.31. The summed E-state index contributed by atoms with van der Waals surface area (Å²) < 4.78 is 1.37. The average molecular weight is 216 g/mol. The number of aromatic nitrogens is 3. The quantitative estimate of drug-likeness (QED) is 0.806. The van der Waals surface area contributed by atoms with Gasteiger partial charge in [-0.3, -0.25) is 4.79 Å². The summed E-state index contributed by atoms with van der Waals surface area (Å²) in [6.45, 7) is 1.72. The Bertz CT molecular complexity index is 548. The lowest BCUT2D eigenvalue weighted by Gasteiger charge is -2.08. The van der Waals surface area contributed by atoms with Gasteiger partial charge in [0, 0.05) is 12.6 Å². The minimum absolute atomic E-state index is 0.193. The molecule has 0 aliphatic rings. The van der Waals surface area contributed by atoms with Crippen LogP contribution in [0.5, 0.6) is 0 Å². The highest BCUT2D eigenvalue weighted by Crippen LogP contribution is 2.10. The molecule has 0 radical (unpaired) electrons. The van der Waals surface area contributed by atoms with Gasteiger partial charge in [-0.05, 0) is 6.92 Å². The second kappa shape index (κ2) is 4.14. The Balaban J connectivity index is 2.64. The van der Waals surface area contributed by atoms with E-state index in [1.807, 2.05) is 30.3 Å². The molecule has 0 amide bonds. The van der Waals surface area contributed by atoms with E-state index in [0.29, 0.717) is 11.5 Å². The number of nitrogens with zero attached hydrogens (tertiary/aromatic N) is 3. The molecule has 1 aromatic heterocycles. The molecule has 0 spiro atoms. The fourth-order valence-electron chi connectivity index (χ4n) is 1.50. The van der Waals surface area contributed by atoms with E-state index in [0.717, 1.165) is 5.56 Å². The van der Waals surface area contributed by atoms with Gasteiger partial charge in [-0.25, -0.2) is 4.68 Å².